The number of aryl methyl sites for hydroxylation is 4. The average Bonchev–Trinajstić information content (AvgIpc) is 3.24. The molecule has 0 nitrogen and oxygen atoms in total. The van der Waals surface area contributed by atoms with Gasteiger partial charge < -0.3 is 0 Å². The first-order valence-electron chi connectivity index (χ1n) is 19.2. The van der Waals surface area contributed by atoms with E-state index in [1.807, 2.05) is 0 Å². The van der Waals surface area contributed by atoms with Crippen molar-refractivity contribution >= 4 is 12.2 Å². The summed E-state index contributed by atoms with van der Waals surface area (Å²) in [6.07, 6.45) is 8.44. The third-order valence-corrected chi connectivity index (χ3v) is 11.4. The summed E-state index contributed by atoms with van der Waals surface area (Å²) >= 11 is 0. The summed E-state index contributed by atoms with van der Waals surface area (Å²) in [5, 5.41) is 0. The zero-order valence-corrected chi connectivity index (χ0v) is 30.3. The van der Waals surface area contributed by atoms with Crippen molar-refractivity contribution in [3.8, 4) is 66.8 Å². The van der Waals surface area contributed by atoms with Crippen molar-refractivity contribution in [1.82, 2.24) is 0 Å². The van der Waals surface area contributed by atoms with Gasteiger partial charge in [-0.25, -0.2) is 0 Å². The molecule has 0 amide bonds. The Kier molecular flexibility index (Phi) is 8.23. The molecule has 0 unspecified atom stereocenters. The summed E-state index contributed by atoms with van der Waals surface area (Å²) < 4.78 is 0. The number of rotatable bonds is 0. The maximum Gasteiger partial charge on any atom is -0.0172 e. The van der Waals surface area contributed by atoms with Gasteiger partial charge in [0.2, 0.25) is 0 Å². The van der Waals surface area contributed by atoms with Crippen LogP contribution >= 0.6 is 0 Å². The SMILES string of the molecule is C1=C\c2ccc(cc2)-c2cc3cc(c2)-c2ccc(cc2)CCc2ccc(cc2)-c2cc(cc(c2)-c2ccc(cc2)CCc2ccc-3cc2)-c2ccc/1cc2. The van der Waals surface area contributed by atoms with Crippen LogP contribution in [0.4, 0.5) is 0 Å². The molecular weight excluding hydrogens is 649 g/mol. The highest BCUT2D eigenvalue weighted by molar-refractivity contribution is 5.84. The van der Waals surface area contributed by atoms with Crippen molar-refractivity contribution in [1.29, 1.82) is 0 Å². The monoisotopic (exact) mass is 688 g/mol. The van der Waals surface area contributed by atoms with Gasteiger partial charge in [-0.1, -0.05) is 158 Å². The van der Waals surface area contributed by atoms with Crippen LogP contribution in [0, 0.1) is 0 Å². The van der Waals surface area contributed by atoms with Crippen LogP contribution in [0.2, 0.25) is 0 Å². The molecule has 18 bridgehead atoms. The first-order valence-corrected chi connectivity index (χ1v) is 19.2. The molecule has 21 aliphatic carbocycles. The van der Waals surface area contributed by atoms with Crippen molar-refractivity contribution < 1.29 is 0 Å². The molecule has 0 aliphatic heterocycles. The van der Waals surface area contributed by atoms with Crippen molar-refractivity contribution in [3.63, 3.8) is 0 Å². The van der Waals surface area contributed by atoms with Gasteiger partial charge >= 0.3 is 0 Å². The summed E-state index contributed by atoms with van der Waals surface area (Å²) in [5.74, 6) is 0. The molecular formula is C54H40. The largest absolute Gasteiger partial charge is 0.0584 e. The highest BCUT2D eigenvalue weighted by Crippen LogP contribution is 2.36. The van der Waals surface area contributed by atoms with E-state index in [1.165, 1.54) is 100 Å². The Morgan fingerprint density at radius 1 is 0.185 bits per heavy atom. The van der Waals surface area contributed by atoms with Crippen LogP contribution in [0.5, 0.6) is 0 Å². The normalized spacial score (nSPS) is 13.4. The highest BCUT2D eigenvalue weighted by atomic mass is 14.2. The molecule has 0 fully saturated rings. The second-order valence-electron chi connectivity index (χ2n) is 15.0. The Hall–Kier alpha value is -6.50. The molecule has 0 atom stereocenters. The maximum atomic E-state index is 2.36. The fourth-order valence-electron chi connectivity index (χ4n) is 8.05. The molecule has 0 aromatic heterocycles. The van der Waals surface area contributed by atoms with Gasteiger partial charge in [0.1, 0.15) is 0 Å². The molecule has 0 saturated heterocycles. The zero-order valence-electron chi connectivity index (χ0n) is 30.3. The molecule has 0 heterocycles. The second kappa shape index (κ2) is 13.8. The molecule has 8 aromatic carbocycles. The van der Waals surface area contributed by atoms with Gasteiger partial charge in [-0.3, -0.25) is 0 Å². The third kappa shape index (κ3) is 6.64. The summed E-state index contributed by atoms with van der Waals surface area (Å²) in [6.45, 7) is 0. The van der Waals surface area contributed by atoms with Crippen molar-refractivity contribution in [2.24, 2.45) is 0 Å². The van der Waals surface area contributed by atoms with E-state index in [0.29, 0.717) is 0 Å². The van der Waals surface area contributed by atoms with E-state index in [0.717, 1.165) is 25.7 Å². The standard InChI is InChI=1S/C54H40/c1-2-38-9-21-44(22-10-38)50-33-53-36-54(34-50)48-29-17-42(18-30-48)6-4-40-13-25-46(26-14-40)52-32-49(43-19-7-37(1)8-20-43)31-51(35-52)45-23-11-39(12-24-45)3-5-41-15-27-47(53)28-16-41/h1-2,7-36H,3-6H2/b2-1-. The third-order valence-electron chi connectivity index (χ3n) is 11.4. The van der Waals surface area contributed by atoms with Gasteiger partial charge in [0.25, 0.3) is 0 Å². The van der Waals surface area contributed by atoms with E-state index in [2.05, 4.69) is 194 Å². The first kappa shape index (κ1) is 32.2. The van der Waals surface area contributed by atoms with E-state index in [-0.39, 0.29) is 0 Å². The lowest BCUT2D eigenvalue weighted by Crippen LogP contribution is -1.93. The molecule has 0 heteroatoms. The molecule has 8 aromatic rings. The predicted octanol–water partition coefficient (Wildman–Crippen LogP) is 14.1. The van der Waals surface area contributed by atoms with E-state index in [9.17, 15) is 0 Å². The number of hydrogen-bond acceptors (Lipinski definition) is 0. The van der Waals surface area contributed by atoms with E-state index in [4.69, 9.17) is 0 Å². The van der Waals surface area contributed by atoms with Crippen molar-refractivity contribution in [2.75, 3.05) is 0 Å². The Morgan fingerprint density at radius 2 is 0.370 bits per heavy atom. The van der Waals surface area contributed by atoms with E-state index in [1.54, 1.807) is 0 Å². The quantitative estimate of drug-likeness (QED) is 0.149. The summed E-state index contributed by atoms with van der Waals surface area (Å²) in [7, 11) is 0. The van der Waals surface area contributed by atoms with Gasteiger partial charge in [0, 0.05) is 0 Å². The van der Waals surface area contributed by atoms with Crippen LogP contribution in [0.15, 0.2) is 182 Å². The first-order chi connectivity index (χ1) is 26.6. The lowest BCUT2D eigenvalue weighted by atomic mass is 9.91. The predicted molar refractivity (Wildman–Crippen MR) is 229 cm³/mol. The lowest BCUT2D eigenvalue weighted by Gasteiger charge is -2.14. The molecule has 0 spiro atoms. The van der Waals surface area contributed by atoms with Crippen LogP contribution in [-0.2, 0) is 25.7 Å². The Morgan fingerprint density at radius 3 is 0.574 bits per heavy atom. The molecule has 0 saturated carbocycles. The number of hydrogen-bond donors (Lipinski definition) is 0. The van der Waals surface area contributed by atoms with Crippen LogP contribution in [0.3, 0.4) is 0 Å². The summed E-state index contributed by atoms with van der Waals surface area (Å²) in [4.78, 5) is 0. The van der Waals surface area contributed by atoms with Gasteiger partial charge in [-0.2, -0.15) is 0 Å². The fraction of sp³-hybridized carbons (Fsp3) is 0.0741. The molecule has 0 radical (unpaired) electrons. The Labute approximate surface area is 318 Å². The van der Waals surface area contributed by atoms with Crippen molar-refractivity contribution in [2.45, 2.75) is 25.7 Å². The van der Waals surface area contributed by atoms with Crippen molar-refractivity contribution in [3.05, 3.63) is 215 Å². The minimum absolute atomic E-state index is 1.00. The molecule has 21 aliphatic rings. The average molecular weight is 689 g/mol. The molecule has 29 rings (SSSR count). The Balaban J connectivity index is 1.17. The second-order valence-corrected chi connectivity index (χ2v) is 15.0. The maximum absolute atomic E-state index is 2.36. The minimum Gasteiger partial charge on any atom is -0.0584 e. The van der Waals surface area contributed by atoms with Crippen LogP contribution in [0.1, 0.15) is 33.4 Å². The number of benzene rings is 8. The smallest absolute Gasteiger partial charge is 0.0172 e. The fourth-order valence-corrected chi connectivity index (χ4v) is 8.05. The minimum atomic E-state index is 1.00. The van der Waals surface area contributed by atoms with E-state index < -0.39 is 0 Å². The lowest BCUT2D eigenvalue weighted by molar-refractivity contribution is 0.960. The zero-order chi connectivity index (χ0) is 35.8. The highest BCUT2D eigenvalue weighted by Gasteiger charge is 2.12. The van der Waals surface area contributed by atoms with Crippen LogP contribution < -0.4 is 0 Å². The topological polar surface area (TPSA) is 0 Å². The van der Waals surface area contributed by atoms with Crippen LogP contribution in [-0.4, -0.2) is 0 Å². The molecule has 0 N–H and O–H groups in total. The van der Waals surface area contributed by atoms with Gasteiger partial charge in [-0.15, -0.1) is 0 Å². The van der Waals surface area contributed by atoms with Gasteiger partial charge in [0.05, 0.1) is 0 Å². The molecule has 256 valence electrons. The summed E-state index contributed by atoms with van der Waals surface area (Å²) in [6, 6.07) is 69.0. The van der Waals surface area contributed by atoms with Gasteiger partial charge in [-0.05, 0) is 162 Å². The van der Waals surface area contributed by atoms with Crippen LogP contribution in [0.25, 0.3) is 78.9 Å². The van der Waals surface area contributed by atoms with Gasteiger partial charge in [0.15, 0.2) is 0 Å². The Bertz CT molecular complexity index is 2300. The summed E-state index contributed by atoms with van der Waals surface area (Å²) in [5.41, 5.74) is 22.6. The molecule has 54 heavy (non-hydrogen) atoms. The van der Waals surface area contributed by atoms with E-state index >= 15 is 0 Å².